The molecule has 1 aromatic rings. The standard InChI is InChI=1S/C14H21N3O2.ClH/c1-12-4-3-5-14(15-12)17(13(2)18)7-6-16-8-10-19-11-9-16;/h3-5H,6-11H2,1-2H3;1H. The molecule has 2 heterocycles. The van der Waals surface area contributed by atoms with Gasteiger partial charge in [-0.25, -0.2) is 4.98 Å². The first-order valence-electron chi connectivity index (χ1n) is 6.80. The Morgan fingerprint density at radius 2 is 2.10 bits per heavy atom. The highest BCUT2D eigenvalue weighted by Gasteiger charge is 2.18. The van der Waals surface area contributed by atoms with Gasteiger partial charge in [0.1, 0.15) is 18.9 Å². The number of quaternary nitrogens is 1. The van der Waals surface area contributed by atoms with Gasteiger partial charge in [0.25, 0.3) is 0 Å². The molecule has 1 saturated heterocycles. The molecule has 6 heteroatoms. The topological polar surface area (TPSA) is 46.9 Å². The summed E-state index contributed by atoms with van der Waals surface area (Å²) in [6, 6.07) is 5.77. The number of aromatic nitrogens is 1. The number of nitrogens with zero attached hydrogens (tertiary/aromatic N) is 2. The molecule has 1 aliphatic rings. The molecule has 0 bridgehead atoms. The molecule has 0 aromatic carbocycles. The van der Waals surface area contributed by atoms with Crippen molar-refractivity contribution >= 4 is 11.7 Å². The molecule has 1 amide bonds. The van der Waals surface area contributed by atoms with Crippen molar-refractivity contribution in [2.24, 2.45) is 0 Å². The van der Waals surface area contributed by atoms with Gasteiger partial charge in [0.05, 0.1) is 26.3 Å². The first-order valence-corrected chi connectivity index (χ1v) is 6.80. The number of hydrogen-bond acceptors (Lipinski definition) is 3. The van der Waals surface area contributed by atoms with E-state index in [-0.39, 0.29) is 18.3 Å². The summed E-state index contributed by atoms with van der Waals surface area (Å²) in [5, 5.41) is 0. The van der Waals surface area contributed by atoms with Crippen molar-refractivity contribution in [3.63, 3.8) is 0 Å². The maximum absolute atomic E-state index is 11.8. The quantitative estimate of drug-likeness (QED) is 0.632. The number of nitrogens with one attached hydrogen (secondary N) is 1. The van der Waals surface area contributed by atoms with Gasteiger partial charge < -0.3 is 22.0 Å². The van der Waals surface area contributed by atoms with Crippen LogP contribution in [0.5, 0.6) is 0 Å². The molecule has 0 saturated carbocycles. The number of amides is 1. The van der Waals surface area contributed by atoms with Crippen LogP contribution in [0.15, 0.2) is 18.2 Å². The molecule has 1 aromatic heterocycles. The van der Waals surface area contributed by atoms with Crippen LogP contribution in [0, 0.1) is 6.92 Å². The van der Waals surface area contributed by atoms with E-state index < -0.39 is 0 Å². The molecule has 0 aliphatic carbocycles. The van der Waals surface area contributed by atoms with Crippen LogP contribution in [0.25, 0.3) is 0 Å². The van der Waals surface area contributed by atoms with Gasteiger partial charge in [0, 0.05) is 12.6 Å². The van der Waals surface area contributed by atoms with E-state index in [0.29, 0.717) is 6.54 Å². The molecule has 112 valence electrons. The average Bonchev–Trinajstić information content (AvgIpc) is 2.40. The zero-order chi connectivity index (χ0) is 13.7. The molecule has 5 nitrogen and oxygen atoms in total. The lowest BCUT2D eigenvalue weighted by molar-refractivity contribution is -0.906. The summed E-state index contributed by atoms with van der Waals surface area (Å²) in [5.41, 5.74) is 0.933. The lowest BCUT2D eigenvalue weighted by Crippen LogP contribution is -3.14. The summed E-state index contributed by atoms with van der Waals surface area (Å²) >= 11 is 0. The Bertz CT molecular complexity index is 436. The van der Waals surface area contributed by atoms with Gasteiger partial charge in [-0.1, -0.05) is 6.07 Å². The summed E-state index contributed by atoms with van der Waals surface area (Å²) in [6.45, 7) is 8.86. The minimum atomic E-state index is 0. The number of halogens is 1. The maximum Gasteiger partial charge on any atom is 0.225 e. The smallest absolute Gasteiger partial charge is 0.225 e. The van der Waals surface area contributed by atoms with Gasteiger partial charge in [-0.3, -0.25) is 9.69 Å². The van der Waals surface area contributed by atoms with Gasteiger partial charge >= 0.3 is 0 Å². The van der Waals surface area contributed by atoms with Crippen molar-refractivity contribution in [1.29, 1.82) is 0 Å². The van der Waals surface area contributed by atoms with E-state index in [4.69, 9.17) is 4.74 Å². The molecule has 0 radical (unpaired) electrons. The Balaban J connectivity index is 0.00000200. The Hall–Kier alpha value is -1.17. The van der Waals surface area contributed by atoms with Crippen LogP contribution >= 0.6 is 0 Å². The zero-order valence-electron chi connectivity index (χ0n) is 12.1. The highest BCUT2D eigenvalue weighted by Crippen LogP contribution is 2.10. The normalized spacial score (nSPS) is 15.5. The molecule has 2 rings (SSSR count). The third-order valence-electron chi connectivity index (χ3n) is 3.42. The predicted octanol–water partition coefficient (Wildman–Crippen LogP) is -3.34. The number of aryl methyl sites for hydroxylation is 1. The number of hydrogen-bond donors (Lipinski definition) is 1. The highest BCUT2D eigenvalue weighted by molar-refractivity contribution is 5.90. The Morgan fingerprint density at radius 3 is 2.70 bits per heavy atom. The SMILES string of the molecule is CC(=O)N(CC[NH+]1CCOCC1)c1cccc(C)n1.[Cl-]. The molecule has 1 fully saturated rings. The van der Waals surface area contributed by atoms with E-state index in [1.54, 1.807) is 11.8 Å². The minimum Gasteiger partial charge on any atom is -1.00 e. The molecule has 1 aliphatic heterocycles. The summed E-state index contributed by atoms with van der Waals surface area (Å²) in [7, 11) is 0. The second-order valence-corrected chi connectivity index (χ2v) is 4.92. The molecular weight excluding hydrogens is 278 g/mol. The fourth-order valence-corrected chi connectivity index (χ4v) is 2.29. The van der Waals surface area contributed by atoms with Crippen molar-refractivity contribution in [2.45, 2.75) is 13.8 Å². The van der Waals surface area contributed by atoms with E-state index in [1.165, 1.54) is 4.90 Å². The maximum atomic E-state index is 11.8. The highest BCUT2D eigenvalue weighted by atomic mass is 35.5. The molecule has 1 N–H and O–H groups in total. The van der Waals surface area contributed by atoms with Crippen LogP contribution in [-0.4, -0.2) is 50.3 Å². The fraction of sp³-hybridized carbons (Fsp3) is 0.571. The second kappa shape index (κ2) is 8.19. The fourth-order valence-electron chi connectivity index (χ4n) is 2.29. The third kappa shape index (κ3) is 4.74. The summed E-state index contributed by atoms with van der Waals surface area (Å²) < 4.78 is 5.34. The number of ether oxygens (including phenoxy) is 1. The molecule has 0 spiro atoms. The number of carbonyl (C=O) groups excluding carboxylic acids is 1. The Morgan fingerprint density at radius 1 is 1.40 bits per heavy atom. The molecule has 0 unspecified atom stereocenters. The van der Waals surface area contributed by atoms with Gasteiger partial charge in [-0.15, -0.1) is 0 Å². The van der Waals surface area contributed by atoms with Crippen molar-refractivity contribution in [3.05, 3.63) is 23.9 Å². The monoisotopic (exact) mass is 299 g/mol. The molecule has 20 heavy (non-hydrogen) atoms. The van der Waals surface area contributed by atoms with E-state index in [0.717, 1.165) is 44.4 Å². The average molecular weight is 300 g/mol. The van der Waals surface area contributed by atoms with E-state index >= 15 is 0 Å². The van der Waals surface area contributed by atoms with Gasteiger partial charge in [0.15, 0.2) is 0 Å². The molecule has 0 atom stereocenters. The lowest BCUT2D eigenvalue weighted by Gasteiger charge is -2.27. The number of carbonyl (C=O) groups is 1. The van der Waals surface area contributed by atoms with Crippen LogP contribution < -0.4 is 22.2 Å². The number of rotatable bonds is 4. The van der Waals surface area contributed by atoms with Gasteiger partial charge in [0.2, 0.25) is 5.91 Å². The second-order valence-electron chi connectivity index (χ2n) is 4.92. The largest absolute Gasteiger partial charge is 1.00 e. The van der Waals surface area contributed by atoms with Gasteiger partial charge in [-0.05, 0) is 19.1 Å². The lowest BCUT2D eigenvalue weighted by atomic mass is 10.3. The van der Waals surface area contributed by atoms with Crippen molar-refractivity contribution in [1.82, 2.24) is 4.98 Å². The Kier molecular flexibility index (Phi) is 6.91. The van der Waals surface area contributed by atoms with Crippen molar-refractivity contribution < 1.29 is 26.8 Å². The van der Waals surface area contributed by atoms with Crippen LogP contribution in [0.2, 0.25) is 0 Å². The minimum absolute atomic E-state index is 0. The summed E-state index contributed by atoms with van der Waals surface area (Å²) in [6.07, 6.45) is 0. The summed E-state index contributed by atoms with van der Waals surface area (Å²) in [5.74, 6) is 0.797. The van der Waals surface area contributed by atoms with Crippen molar-refractivity contribution in [2.75, 3.05) is 44.3 Å². The van der Waals surface area contributed by atoms with Crippen LogP contribution in [0.3, 0.4) is 0 Å². The van der Waals surface area contributed by atoms with E-state index in [9.17, 15) is 4.79 Å². The third-order valence-corrected chi connectivity index (χ3v) is 3.42. The number of pyridine rings is 1. The zero-order valence-corrected chi connectivity index (χ0v) is 12.8. The number of morpholine rings is 1. The first-order chi connectivity index (χ1) is 9.16. The van der Waals surface area contributed by atoms with E-state index in [2.05, 4.69) is 4.98 Å². The first kappa shape index (κ1) is 16.9. The number of anilines is 1. The van der Waals surface area contributed by atoms with Crippen molar-refractivity contribution in [3.8, 4) is 0 Å². The molecular formula is C14H22ClN3O2. The van der Waals surface area contributed by atoms with Crippen LogP contribution in [0.4, 0.5) is 5.82 Å². The predicted molar refractivity (Wildman–Crippen MR) is 73.4 cm³/mol. The van der Waals surface area contributed by atoms with Crippen LogP contribution in [-0.2, 0) is 9.53 Å². The van der Waals surface area contributed by atoms with E-state index in [1.807, 2.05) is 25.1 Å². The van der Waals surface area contributed by atoms with Gasteiger partial charge in [-0.2, -0.15) is 0 Å². The summed E-state index contributed by atoms with van der Waals surface area (Å²) in [4.78, 5) is 19.5. The van der Waals surface area contributed by atoms with Crippen LogP contribution in [0.1, 0.15) is 12.6 Å². The Labute approximate surface area is 126 Å².